The highest BCUT2D eigenvalue weighted by atomic mass is 32.2. The molecule has 222 valence electrons. The van der Waals surface area contributed by atoms with E-state index in [2.05, 4.69) is 5.32 Å². The Morgan fingerprint density at radius 3 is 2.20 bits per heavy atom. The number of benzene rings is 4. The molecule has 0 saturated heterocycles. The van der Waals surface area contributed by atoms with Gasteiger partial charge >= 0.3 is 0 Å². The highest BCUT2D eigenvalue weighted by molar-refractivity contribution is 8.00. The molecule has 0 saturated carbocycles. The van der Waals surface area contributed by atoms with Crippen LogP contribution in [0.25, 0.3) is 16.9 Å². The molecule has 0 bridgehead atoms. The Kier molecular flexibility index (Phi) is 8.21. The van der Waals surface area contributed by atoms with Crippen molar-refractivity contribution in [3.8, 4) is 16.9 Å². The Bertz CT molecular complexity index is 1830. The summed E-state index contributed by atoms with van der Waals surface area (Å²) in [6.45, 7) is -0.314. The molecule has 1 atom stereocenters. The Hall–Kier alpha value is -4.90. The van der Waals surface area contributed by atoms with Crippen LogP contribution in [-0.2, 0) is 16.1 Å². The summed E-state index contributed by atoms with van der Waals surface area (Å²) >= 11 is 1.14. The number of anilines is 1. The zero-order valence-corrected chi connectivity index (χ0v) is 23.8. The molecule has 6 nitrogen and oxygen atoms in total. The lowest BCUT2D eigenvalue weighted by molar-refractivity contribution is -0.123. The van der Waals surface area contributed by atoms with E-state index < -0.39 is 46.9 Å². The molecule has 44 heavy (non-hydrogen) atoms. The van der Waals surface area contributed by atoms with Gasteiger partial charge in [-0.3, -0.25) is 14.5 Å². The Morgan fingerprint density at radius 1 is 0.864 bits per heavy atom. The minimum Gasteiger partial charge on any atom is -0.350 e. The standard InChI is InChI=1S/C33H24F4N4O2S/c34-22-8-6-20(7-9-22)17-38-28(42)18-40-29(43)19-44-32(26-15-12-24(36)16-27(26)37)30-31(21-4-2-1-3-5-21)39-41(33(30)40)25-13-10-23(35)11-14-25/h1-16,32H,17-19H2,(H,38,42). The van der Waals surface area contributed by atoms with Gasteiger partial charge in [0.1, 0.15) is 35.6 Å². The monoisotopic (exact) mass is 616 g/mol. The molecule has 1 aliphatic heterocycles. The van der Waals surface area contributed by atoms with E-state index in [4.69, 9.17) is 5.10 Å². The summed E-state index contributed by atoms with van der Waals surface area (Å²) in [6, 6.07) is 23.5. The highest BCUT2D eigenvalue weighted by Gasteiger charge is 2.38. The maximum Gasteiger partial charge on any atom is 0.240 e. The first-order valence-corrected chi connectivity index (χ1v) is 14.7. The second kappa shape index (κ2) is 12.4. The summed E-state index contributed by atoms with van der Waals surface area (Å²) in [7, 11) is 0. The number of halogens is 4. The molecule has 0 aliphatic carbocycles. The van der Waals surface area contributed by atoms with Gasteiger partial charge in [0.2, 0.25) is 11.8 Å². The van der Waals surface area contributed by atoms with E-state index in [0.29, 0.717) is 28.1 Å². The molecule has 0 spiro atoms. The van der Waals surface area contributed by atoms with E-state index in [0.717, 1.165) is 23.9 Å². The van der Waals surface area contributed by atoms with Crippen molar-refractivity contribution in [3.63, 3.8) is 0 Å². The van der Waals surface area contributed by atoms with Gasteiger partial charge in [0.25, 0.3) is 0 Å². The van der Waals surface area contributed by atoms with E-state index in [1.165, 1.54) is 52.0 Å². The van der Waals surface area contributed by atoms with Gasteiger partial charge in [-0.25, -0.2) is 22.2 Å². The van der Waals surface area contributed by atoms with E-state index in [1.54, 1.807) is 12.1 Å². The molecule has 0 radical (unpaired) electrons. The van der Waals surface area contributed by atoms with E-state index in [-0.39, 0.29) is 23.7 Å². The number of nitrogens with zero attached hydrogens (tertiary/aromatic N) is 3. The number of aromatic nitrogens is 2. The molecule has 0 fully saturated rings. The van der Waals surface area contributed by atoms with Gasteiger partial charge in [0.15, 0.2) is 0 Å². The molecule has 1 N–H and O–H groups in total. The van der Waals surface area contributed by atoms with E-state index in [9.17, 15) is 22.8 Å². The molecule has 2 amide bonds. The molecular weight excluding hydrogens is 592 g/mol. The van der Waals surface area contributed by atoms with E-state index in [1.807, 2.05) is 30.3 Å². The van der Waals surface area contributed by atoms with Crippen LogP contribution in [0, 0.1) is 23.3 Å². The SMILES string of the molecule is O=C(CN1C(=O)CSC(c2ccc(F)cc2F)c2c(-c3ccccc3)nn(-c3ccc(F)cc3)c21)NCc1ccc(F)cc1. The topological polar surface area (TPSA) is 67.2 Å². The first-order chi connectivity index (χ1) is 21.3. The third-order valence-corrected chi connectivity index (χ3v) is 8.39. The number of thioether (sulfide) groups is 1. The van der Waals surface area contributed by atoms with Crippen LogP contribution in [0.4, 0.5) is 23.4 Å². The Morgan fingerprint density at radius 2 is 1.52 bits per heavy atom. The molecule has 5 aromatic rings. The van der Waals surface area contributed by atoms with Crippen LogP contribution in [-0.4, -0.2) is 33.9 Å². The van der Waals surface area contributed by atoms with Gasteiger partial charge < -0.3 is 5.32 Å². The molecular formula is C33H24F4N4O2S. The summed E-state index contributed by atoms with van der Waals surface area (Å²) in [5.41, 5.74) is 2.72. The fourth-order valence-corrected chi connectivity index (χ4v) is 6.27. The van der Waals surface area contributed by atoms with Gasteiger partial charge in [-0.05, 0) is 48.0 Å². The van der Waals surface area contributed by atoms with Gasteiger partial charge in [-0.1, -0.05) is 48.5 Å². The van der Waals surface area contributed by atoms with Crippen molar-refractivity contribution >= 4 is 29.4 Å². The average molecular weight is 617 g/mol. The van der Waals surface area contributed by atoms with Gasteiger partial charge in [-0.15, -0.1) is 11.8 Å². The number of carbonyl (C=O) groups excluding carboxylic acids is 2. The van der Waals surface area contributed by atoms with Crippen LogP contribution in [0.3, 0.4) is 0 Å². The van der Waals surface area contributed by atoms with Crippen molar-refractivity contribution in [1.29, 1.82) is 0 Å². The number of hydrogen-bond donors (Lipinski definition) is 1. The first-order valence-electron chi connectivity index (χ1n) is 13.6. The molecule has 1 aromatic heterocycles. The number of nitrogens with one attached hydrogen (secondary N) is 1. The Labute approximate surface area is 254 Å². The molecule has 1 aliphatic rings. The van der Waals surface area contributed by atoms with Crippen molar-refractivity contribution in [2.45, 2.75) is 11.8 Å². The number of fused-ring (bicyclic) bond motifs is 1. The lowest BCUT2D eigenvalue weighted by Crippen LogP contribution is -2.42. The maximum absolute atomic E-state index is 15.4. The van der Waals surface area contributed by atoms with Crippen molar-refractivity contribution in [2.24, 2.45) is 0 Å². The summed E-state index contributed by atoms with van der Waals surface area (Å²) in [4.78, 5) is 28.3. The predicted molar refractivity (Wildman–Crippen MR) is 160 cm³/mol. The van der Waals surface area contributed by atoms with Gasteiger partial charge in [-0.2, -0.15) is 5.10 Å². The third-order valence-electron chi connectivity index (χ3n) is 7.16. The van der Waals surface area contributed by atoms with Crippen LogP contribution >= 0.6 is 11.8 Å². The molecule has 6 rings (SSSR count). The van der Waals surface area contributed by atoms with Crippen molar-refractivity contribution in [3.05, 3.63) is 137 Å². The van der Waals surface area contributed by atoms with Crippen molar-refractivity contribution < 1.29 is 27.2 Å². The van der Waals surface area contributed by atoms with Gasteiger partial charge in [0.05, 0.1) is 22.4 Å². The smallest absolute Gasteiger partial charge is 0.240 e. The van der Waals surface area contributed by atoms with Crippen molar-refractivity contribution in [1.82, 2.24) is 15.1 Å². The zero-order valence-electron chi connectivity index (χ0n) is 23.0. The molecule has 11 heteroatoms. The normalized spacial score (nSPS) is 14.7. The third kappa shape index (κ3) is 5.96. The summed E-state index contributed by atoms with van der Waals surface area (Å²) in [5.74, 6) is -3.29. The van der Waals surface area contributed by atoms with Crippen LogP contribution < -0.4 is 10.2 Å². The number of hydrogen-bond acceptors (Lipinski definition) is 4. The first kappa shape index (κ1) is 29.2. The van der Waals surface area contributed by atoms with Crippen LogP contribution in [0.5, 0.6) is 0 Å². The quantitative estimate of drug-likeness (QED) is 0.210. The second-order valence-corrected chi connectivity index (χ2v) is 11.2. The summed E-state index contributed by atoms with van der Waals surface area (Å²) in [5, 5.41) is 6.79. The maximum atomic E-state index is 15.4. The fourth-order valence-electron chi connectivity index (χ4n) is 5.05. The minimum atomic E-state index is -0.814. The van der Waals surface area contributed by atoms with E-state index >= 15 is 4.39 Å². The zero-order chi connectivity index (χ0) is 30.8. The minimum absolute atomic E-state index is 0.0959. The Balaban J connectivity index is 1.51. The van der Waals surface area contributed by atoms with Crippen molar-refractivity contribution in [2.75, 3.05) is 17.2 Å². The van der Waals surface area contributed by atoms with Crippen LogP contribution in [0.1, 0.15) is 21.9 Å². The molecule has 1 unspecified atom stereocenters. The number of rotatable bonds is 7. The van der Waals surface area contributed by atoms with Crippen LogP contribution in [0.2, 0.25) is 0 Å². The lowest BCUT2D eigenvalue weighted by Gasteiger charge is -2.23. The van der Waals surface area contributed by atoms with Crippen LogP contribution in [0.15, 0.2) is 97.1 Å². The second-order valence-electron chi connectivity index (χ2n) is 10.1. The highest BCUT2D eigenvalue weighted by Crippen LogP contribution is 2.49. The lowest BCUT2D eigenvalue weighted by atomic mass is 9.99. The molecule has 4 aromatic carbocycles. The fraction of sp³-hybridized carbons (Fsp3) is 0.121. The number of amides is 2. The average Bonchev–Trinajstić information content (AvgIpc) is 3.35. The molecule has 2 heterocycles. The predicted octanol–water partition coefficient (Wildman–Crippen LogP) is 6.58. The summed E-state index contributed by atoms with van der Waals surface area (Å²) < 4.78 is 58.0. The van der Waals surface area contributed by atoms with Gasteiger partial charge in [0, 0.05) is 29.3 Å². The number of carbonyl (C=O) groups is 2. The summed E-state index contributed by atoms with van der Waals surface area (Å²) in [6.07, 6.45) is 0. The largest absolute Gasteiger partial charge is 0.350 e.